The van der Waals surface area contributed by atoms with Crippen LogP contribution in [0.25, 0.3) is 0 Å². The van der Waals surface area contributed by atoms with Crippen molar-refractivity contribution < 1.29 is 84.7 Å². The molecule has 0 atom stereocenters. The minimum atomic E-state index is -1.06. The number of hydrogen-bond acceptors (Lipinski definition) is 6. The SMILES string of the molecule is O.O.O=Cc1cc(Br)cc(CC(=O)O)c1O.O=Cc1cc(Br)cc(CC(=O)O)c1O.[Cu].[Cu]. The minimum absolute atomic E-state index is 0. The Morgan fingerprint density at radius 2 is 1.00 bits per heavy atom. The van der Waals surface area contributed by atoms with E-state index in [-0.39, 0.29) is 91.7 Å². The van der Waals surface area contributed by atoms with E-state index in [0.29, 0.717) is 21.5 Å². The van der Waals surface area contributed by atoms with Crippen molar-refractivity contribution in [1.29, 1.82) is 0 Å². The number of phenolic OH excluding ortho intramolecular Hbond substituents is 2. The second-order valence-corrected chi connectivity index (χ2v) is 7.21. The largest absolute Gasteiger partial charge is 0.507 e. The maximum absolute atomic E-state index is 10.5. The average molecular weight is 681 g/mol. The van der Waals surface area contributed by atoms with E-state index in [9.17, 15) is 29.4 Å². The van der Waals surface area contributed by atoms with E-state index in [1.165, 1.54) is 24.3 Å². The van der Waals surface area contributed by atoms with E-state index in [2.05, 4.69) is 31.9 Å². The summed E-state index contributed by atoms with van der Waals surface area (Å²) in [4.78, 5) is 41.8. The summed E-state index contributed by atoms with van der Waals surface area (Å²) < 4.78 is 1.13. The molecule has 0 aliphatic rings. The third-order valence-corrected chi connectivity index (χ3v) is 4.22. The Labute approximate surface area is 219 Å². The molecule has 14 heteroatoms. The Kier molecular flexibility index (Phi) is 20.8. The van der Waals surface area contributed by atoms with Crippen LogP contribution in [0.1, 0.15) is 31.8 Å². The van der Waals surface area contributed by atoms with Crippen LogP contribution in [0.5, 0.6) is 11.5 Å². The predicted molar refractivity (Wildman–Crippen MR) is 112 cm³/mol. The van der Waals surface area contributed by atoms with Crippen LogP contribution in [0.15, 0.2) is 33.2 Å². The third-order valence-electron chi connectivity index (χ3n) is 3.30. The van der Waals surface area contributed by atoms with Gasteiger partial charge in [0.15, 0.2) is 12.6 Å². The first-order chi connectivity index (χ1) is 13.1. The normalized spacial score (nSPS) is 8.56. The Balaban J connectivity index is -0.000000218. The van der Waals surface area contributed by atoms with Crippen LogP contribution >= 0.6 is 31.9 Å². The van der Waals surface area contributed by atoms with Crippen LogP contribution in [0.4, 0.5) is 0 Å². The number of hydrogen-bond donors (Lipinski definition) is 4. The van der Waals surface area contributed by atoms with E-state index in [1.54, 1.807) is 0 Å². The zero-order chi connectivity index (χ0) is 21.4. The van der Waals surface area contributed by atoms with Crippen LogP contribution in [-0.4, -0.2) is 55.9 Å². The van der Waals surface area contributed by atoms with Crippen molar-refractivity contribution in [2.75, 3.05) is 0 Å². The number of carboxylic acids is 2. The standard InChI is InChI=1S/2C9H7BrO4.2Cu.2H2O/c2*10-7-1-5(3-8(12)13)9(14)6(2-7)4-11;;;;/h2*1-2,4,14H,3H2,(H,12,13);;;2*1H2. The van der Waals surface area contributed by atoms with Gasteiger partial charge in [0.05, 0.1) is 24.0 Å². The summed E-state index contributed by atoms with van der Waals surface area (Å²) in [6, 6.07) is 5.79. The molecule has 0 aromatic heterocycles. The number of phenols is 2. The summed E-state index contributed by atoms with van der Waals surface area (Å²) in [5, 5.41) is 36.0. The molecule has 2 aromatic rings. The van der Waals surface area contributed by atoms with Crippen LogP contribution in [0.2, 0.25) is 0 Å². The van der Waals surface area contributed by atoms with Crippen LogP contribution in [0, 0.1) is 0 Å². The van der Waals surface area contributed by atoms with Gasteiger partial charge in [0.2, 0.25) is 0 Å². The first-order valence-corrected chi connectivity index (χ1v) is 9.04. The molecule has 0 amide bonds. The molecule has 2 aromatic carbocycles. The number of halogens is 2. The van der Waals surface area contributed by atoms with E-state index < -0.39 is 11.9 Å². The molecule has 32 heavy (non-hydrogen) atoms. The first-order valence-electron chi connectivity index (χ1n) is 7.45. The molecular formula is C18H18Br2Cu2O10. The number of aliphatic carboxylic acids is 2. The van der Waals surface area contributed by atoms with Gasteiger partial charge in [-0.2, -0.15) is 0 Å². The quantitative estimate of drug-likeness (QED) is 0.259. The molecule has 186 valence electrons. The van der Waals surface area contributed by atoms with Crippen molar-refractivity contribution in [2.45, 2.75) is 12.8 Å². The molecule has 0 aliphatic heterocycles. The zero-order valence-corrected chi connectivity index (χ0v) is 20.7. The molecule has 0 bridgehead atoms. The number of benzene rings is 2. The summed E-state index contributed by atoms with van der Waals surface area (Å²) >= 11 is 6.23. The molecule has 0 aliphatic carbocycles. The second-order valence-electron chi connectivity index (χ2n) is 5.38. The van der Waals surface area contributed by atoms with E-state index in [4.69, 9.17) is 10.2 Å². The molecule has 0 saturated heterocycles. The van der Waals surface area contributed by atoms with Crippen molar-refractivity contribution in [3.63, 3.8) is 0 Å². The fraction of sp³-hybridized carbons (Fsp3) is 0.111. The van der Waals surface area contributed by atoms with Crippen molar-refractivity contribution in [3.05, 3.63) is 55.5 Å². The summed E-state index contributed by atoms with van der Waals surface area (Å²) in [6.07, 6.45) is 0.328. The van der Waals surface area contributed by atoms with Gasteiger partial charge in [0.1, 0.15) is 11.5 Å². The van der Waals surface area contributed by atoms with E-state index in [1.807, 2.05) is 0 Å². The van der Waals surface area contributed by atoms with Gasteiger partial charge < -0.3 is 31.4 Å². The van der Waals surface area contributed by atoms with Crippen LogP contribution in [-0.2, 0) is 56.6 Å². The van der Waals surface area contributed by atoms with Gasteiger partial charge in [-0.3, -0.25) is 19.2 Å². The van der Waals surface area contributed by atoms with Gasteiger partial charge in [-0.25, -0.2) is 0 Å². The summed E-state index contributed by atoms with van der Waals surface area (Å²) in [7, 11) is 0. The Morgan fingerprint density at radius 3 is 1.22 bits per heavy atom. The molecule has 0 spiro atoms. The van der Waals surface area contributed by atoms with Gasteiger partial charge in [0, 0.05) is 54.2 Å². The molecule has 0 saturated carbocycles. The maximum atomic E-state index is 10.5. The Bertz CT molecular complexity index is 863. The topological polar surface area (TPSA) is 212 Å². The molecular weight excluding hydrogens is 663 g/mol. The van der Waals surface area contributed by atoms with Crippen molar-refractivity contribution in [3.8, 4) is 11.5 Å². The Morgan fingerprint density at radius 1 is 0.719 bits per heavy atom. The summed E-state index contributed by atoms with van der Waals surface area (Å²) in [6.45, 7) is 0. The number of rotatable bonds is 6. The smallest absolute Gasteiger partial charge is 0.307 e. The van der Waals surface area contributed by atoms with E-state index in [0.717, 1.165) is 0 Å². The zero-order valence-electron chi connectivity index (χ0n) is 15.7. The number of aromatic hydroxyl groups is 2. The van der Waals surface area contributed by atoms with Crippen LogP contribution in [0.3, 0.4) is 0 Å². The van der Waals surface area contributed by atoms with Gasteiger partial charge in [-0.1, -0.05) is 31.9 Å². The average Bonchev–Trinajstić information content (AvgIpc) is 2.60. The second kappa shape index (κ2) is 17.8. The van der Waals surface area contributed by atoms with Crippen molar-refractivity contribution in [2.24, 2.45) is 0 Å². The maximum Gasteiger partial charge on any atom is 0.307 e. The molecule has 2 rings (SSSR count). The summed E-state index contributed by atoms with van der Waals surface area (Å²) in [5.41, 5.74) is 0.592. The number of carbonyl (C=O) groups excluding carboxylic acids is 2. The van der Waals surface area contributed by atoms with Gasteiger partial charge in [-0.15, -0.1) is 0 Å². The number of carboxylic acid groups (broad SMARTS) is 2. The number of carbonyl (C=O) groups is 4. The molecule has 10 nitrogen and oxygen atoms in total. The van der Waals surface area contributed by atoms with Crippen LogP contribution < -0.4 is 0 Å². The molecule has 0 fully saturated rings. The fourth-order valence-corrected chi connectivity index (χ4v) is 3.18. The van der Waals surface area contributed by atoms with E-state index >= 15 is 0 Å². The third kappa shape index (κ3) is 11.7. The molecule has 2 radical (unpaired) electrons. The van der Waals surface area contributed by atoms with Gasteiger partial charge in [0.25, 0.3) is 0 Å². The minimum Gasteiger partial charge on any atom is -0.507 e. The summed E-state index contributed by atoms with van der Waals surface area (Å²) in [5.74, 6) is -2.67. The number of aldehydes is 2. The molecule has 8 N–H and O–H groups in total. The van der Waals surface area contributed by atoms with Crippen molar-refractivity contribution >= 4 is 56.4 Å². The van der Waals surface area contributed by atoms with Gasteiger partial charge >= 0.3 is 11.9 Å². The fourth-order valence-electron chi connectivity index (χ4n) is 2.13. The van der Waals surface area contributed by atoms with Gasteiger partial charge in [-0.05, 0) is 24.3 Å². The molecule has 0 unspecified atom stereocenters. The first kappa shape index (κ1) is 37.5. The monoisotopic (exact) mass is 678 g/mol. The Hall–Kier alpha value is -1.76. The van der Waals surface area contributed by atoms with Crippen molar-refractivity contribution in [1.82, 2.24) is 0 Å². The molecule has 0 heterocycles. The predicted octanol–water partition coefficient (Wildman–Crippen LogP) is 1.53.